The van der Waals surface area contributed by atoms with E-state index in [1.54, 1.807) is 29.7 Å². The number of carbonyl (C=O) groups is 1. The van der Waals surface area contributed by atoms with Crippen molar-refractivity contribution in [3.63, 3.8) is 0 Å². The molecule has 36 heavy (non-hydrogen) atoms. The van der Waals surface area contributed by atoms with Crippen LogP contribution in [0.1, 0.15) is 49.4 Å². The van der Waals surface area contributed by atoms with Crippen LogP contribution < -0.4 is 10.5 Å². The second-order valence-electron chi connectivity index (χ2n) is 9.64. The van der Waals surface area contributed by atoms with Crippen LogP contribution in [0.25, 0.3) is 6.08 Å². The molecule has 188 valence electrons. The van der Waals surface area contributed by atoms with Crippen molar-refractivity contribution in [3.05, 3.63) is 67.6 Å². The average Bonchev–Trinajstić information content (AvgIpc) is 3.09. The van der Waals surface area contributed by atoms with Gasteiger partial charge in [0.2, 0.25) is 0 Å². The number of hydrogen-bond donors (Lipinski definition) is 0. The van der Waals surface area contributed by atoms with Crippen molar-refractivity contribution in [2.24, 2.45) is 11.8 Å². The van der Waals surface area contributed by atoms with Crippen LogP contribution >= 0.6 is 24.0 Å². The molecule has 2 aliphatic heterocycles. The fourth-order valence-corrected chi connectivity index (χ4v) is 6.39. The molecule has 2 aliphatic rings. The highest BCUT2D eigenvalue weighted by atomic mass is 32.2. The van der Waals surface area contributed by atoms with Gasteiger partial charge in [0.1, 0.15) is 27.6 Å². The molecular weight excluding hydrogens is 495 g/mol. The Morgan fingerprint density at radius 2 is 1.83 bits per heavy atom. The zero-order valence-corrected chi connectivity index (χ0v) is 22.5. The highest BCUT2D eigenvalue weighted by Gasteiger charge is 2.34. The minimum atomic E-state index is -0.340. The van der Waals surface area contributed by atoms with E-state index in [1.165, 1.54) is 28.8 Å². The average molecular weight is 525 g/mol. The van der Waals surface area contributed by atoms with Gasteiger partial charge in [-0.05, 0) is 61.4 Å². The van der Waals surface area contributed by atoms with Crippen LogP contribution in [0, 0.1) is 35.9 Å². The van der Waals surface area contributed by atoms with Gasteiger partial charge in [0.15, 0.2) is 0 Å². The third-order valence-corrected chi connectivity index (χ3v) is 8.11. The van der Waals surface area contributed by atoms with E-state index >= 15 is 0 Å². The van der Waals surface area contributed by atoms with Crippen LogP contribution in [0.4, 0.5) is 10.2 Å². The van der Waals surface area contributed by atoms with Crippen LogP contribution in [0.15, 0.2) is 34.0 Å². The summed E-state index contributed by atoms with van der Waals surface area (Å²) in [5.41, 5.74) is 1.83. The van der Waals surface area contributed by atoms with Crippen LogP contribution in [0.2, 0.25) is 0 Å². The molecule has 0 saturated carbocycles. The first kappa shape index (κ1) is 26.1. The first-order valence-corrected chi connectivity index (χ1v) is 13.3. The Morgan fingerprint density at radius 1 is 1.19 bits per heavy atom. The molecule has 3 heterocycles. The first-order valence-electron chi connectivity index (χ1n) is 12.1. The zero-order chi connectivity index (χ0) is 26.1. The van der Waals surface area contributed by atoms with E-state index in [0.29, 0.717) is 38.7 Å². The van der Waals surface area contributed by atoms with Crippen molar-refractivity contribution in [2.45, 2.75) is 47.2 Å². The maximum Gasteiger partial charge on any atom is 0.270 e. The van der Waals surface area contributed by atoms with Crippen molar-refractivity contribution in [2.75, 3.05) is 18.0 Å². The third kappa shape index (κ3) is 4.97. The number of hydrogen-bond acceptors (Lipinski definition) is 6. The lowest BCUT2D eigenvalue weighted by Crippen LogP contribution is -2.42. The van der Waals surface area contributed by atoms with Gasteiger partial charge in [0.05, 0.1) is 11.4 Å². The second-order valence-corrected chi connectivity index (χ2v) is 11.3. The Kier molecular flexibility index (Phi) is 7.67. The molecule has 1 aromatic heterocycles. The van der Waals surface area contributed by atoms with Crippen LogP contribution in [0.5, 0.6) is 0 Å². The van der Waals surface area contributed by atoms with E-state index in [1.807, 2.05) is 6.92 Å². The Balaban J connectivity index is 1.81. The number of pyridine rings is 1. The fourth-order valence-electron chi connectivity index (χ4n) is 5.15. The minimum Gasteiger partial charge on any atom is -0.357 e. The van der Waals surface area contributed by atoms with Gasteiger partial charge >= 0.3 is 0 Å². The van der Waals surface area contributed by atoms with Crippen LogP contribution in [-0.2, 0) is 17.9 Å². The van der Waals surface area contributed by atoms with Crippen molar-refractivity contribution < 1.29 is 9.18 Å². The highest BCUT2D eigenvalue weighted by molar-refractivity contribution is 8.26. The molecule has 1 amide bonds. The highest BCUT2D eigenvalue weighted by Crippen LogP contribution is 2.37. The van der Waals surface area contributed by atoms with E-state index < -0.39 is 0 Å². The number of nitrogens with zero attached hydrogens (tertiary/aromatic N) is 4. The molecule has 2 saturated heterocycles. The molecule has 2 fully saturated rings. The maximum absolute atomic E-state index is 13.4. The summed E-state index contributed by atoms with van der Waals surface area (Å²) in [4.78, 5) is 30.8. The Labute approximate surface area is 220 Å². The van der Waals surface area contributed by atoms with Crippen molar-refractivity contribution in [1.82, 2.24) is 9.47 Å². The maximum atomic E-state index is 13.4. The van der Waals surface area contributed by atoms with E-state index in [9.17, 15) is 19.2 Å². The number of carbonyl (C=O) groups excluding carboxylic acids is 1. The Hall–Kier alpha value is -2.96. The quantitative estimate of drug-likeness (QED) is 0.402. The molecule has 0 spiro atoms. The molecule has 4 rings (SSSR count). The van der Waals surface area contributed by atoms with Crippen molar-refractivity contribution in [1.29, 1.82) is 5.26 Å². The SMILES string of the molecule is CCn1c(N2CC(C)CC(C)C2)c(C=C2SC(=S)N(Cc3ccc(F)cc3)C2=O)c(C)c(C#N)c1=O. The number of halogens is 1. The standard InChI is InChI=1S/C27H29FN4O2S2/c1-5-31-24(30-13-16(2)10-17(3)14-30)21(18(4)22(12-29)25(31)33)11-23-26(34)32(27(35)36-23)15-19-6-8-20(28)9-7-19/h6-9,11,16-17H,5,10,13-15H2,1-4H3. The molecule has 2 aromatic rings. The molecule has 1 aromatic carbocycles. The zero-order valence-electron chi connectivity index (χ0n) is 20.9. The van der Waals surface area contributed by atoms with Gasteiger partial charge in [0, 0.05) is 25.2 Å². The summed E-state index contributed by atoms with van der Waals surface area (Å²) < 4.78 is 15.4. The summed E-state index contributed by atoms with van der Waals surface area (Å²) in [5, 5.41) is 9.78. The number of nitriles is 1. The first-order chi connectivity index (χ1) is 17.1. The lowest BCUT2D eigenvalue weighted by atomic mass is 9.91. The summed E-state index contributed by atoms with van der Waals surface area (Å²) >= 11 is 6.71. The number of piperidine rings is 1. The molecule has 9 heteroatoms. The van der Waals surface area contributed by atoms with Gasteiger partial charge in [-0.3, -0.25) is 19.1 Å². The molecule has 2 unspecified atom stereocenters. The van der Waals surface area contributed by atoms with Gasteiger partial charge in [0.25, 0.3) is 11.5 Å². The van der Waals surface area contributed by atoms with Gasteiger partial charge in [-0.25, -0.2) is 4.39 Å². The third-order valence-electron chi connectivity index (χ3n) is 6.73. The van der Waals surface area contributed by atoms with Crippen molar-refractivity contribution >= 4 is 46.1 Å². The van der Waals surface area contributed by atoms with Crippen LogP contribution in [-0.4, -0.2) is 32.8 Å². The number of thioether (sulfide) groups is 1. The summed E-state index contributed by atoms with van der Waals surface area (Å²) in [7, 11) is 0. The lowest BCUT2D eigenvalue weighted by molar-refractivity contribution is -0.122. The fraction of sp³-hybridized carbons (Fsp3) is 0.407. The Bertz CT molecular complexity index is 1330. The largest absolute Gasteiger partial charge is 0.357 e. The molecule has 0 bridgehead atoms. The van der Waals surface area contributed by atoms with Gasteiger partial charge in [-0.2, -0.15) is 5.26 Å². The summed E-state index contributed by atoms with van der Waals surface area (Å²) in [6, 6.07) is 8.06. The van der Waals surface area contributed by atoms with E-state index in [4.69, 9.17) is 12.2 Å². The summed E-state index contributed by atoms with van der Waals surface area (Å²) in [5.74, 6) is 1.07. The molecule has 0 N–H and O–H groups in total. The number of benzene rings is 1. The normalized spacial score (nSPS) is 21.4. The van der Waals surface area contributed by atoms with E-state index in [0.717, 1.165) is 30.9 Å². The summed E-state index contributed by atoms with van der Waals surface area (Å²) in [6.45, 7) is 10.3. The number of thiocarbonyl (C=S) groups is 1. The molecule has 6 nitrogen and oxygen atoms in total. The topological polar surface area (TPSA) is 69.3 Å². The smallest absolute Gasteiger partial charge is 0.270 e. The Morgan fingerprint density at radius 3 is 2.42 bits per heavy atom. The predicted molar refractivity (Wildman–Crippen MR) is 146 cm³/mol. The molecule has 0 radical (unpaired) electrons. The van der Waals surface area contributed by atoms with E-state index in [-0.39, 0.29) is 29.4 Å². The van der Waals surface area contributed by atoms with Gasteiger partial charge < -0.3 is 4.90 Å². The van der Waals surface area contributed by atoms with E-state index in [2.05, 4.69) is 24.8 Å². The lowest BCUT2D eigenvalue weighted by Gasteiger charge is -2.38. The molecule has 2 atom stereocenters. The minimum absolute atomic E-state index is 0.0896. The second kappa shape index (κ2) is 10.6. The summed E-state index contributed by atoms with van der Waals surface area (Å²) in [6.07, 6.45) is 2.89. The van der Waals surface area contributed by atoms with Crippen LogP contribution in [0.3, 0.4) is 0 Å². The molecule has 0 aliphatic carbocycles. The predicted octanol–water partition coefficient (Wildman–Crippen LogP) is 5.07. The number of anilines is 1. The molecular formula is C27H29FN4O2S2. The van der Waals surface area contributed by atoms with Gasteiger partial charge in [-0.15, -0.1) is 0 Å². The number of amides is 1. The number of aromatic nitrogens is 1. The monoisotopic (exact) mass is 524 g/mol. The van der Waals surface area contributed by atoms with Crippen molar-refractivity contribution in [3.8, 4) is 6.07 Å². The van der Waals surface area contributed by atoms with Gasteiger partial charge in [-0.1, -0.05) is 50.0 Å². The number of rotatable bonds is 5.